The number of imidazole rings is 1. The van der Waals surface area contributed by atoms with Gasteiger partial charge in [0.1, 0.15) is 0 Å². The molecule has 0 saturated heterocycles. The second kappa shape index (κ2) is 5.01. The Balaban J connectivity index is 1.60. The van der Waals surface area contributed by atoms with Gasteiger partial charge in [-0.2, -0.15) is 0 Å². The monoisotopic (exact) mass is 363 g/mol. The van der Waals surface area contributed by atoms with Crippen molar-refractivity contribution in [2.24, 2.45) is 7.05 Å². The Hall–Kier alpha value is -2.02. The summed E-state index contributed by atoms with van der Waals surface area (Å²) in [7, 11) is 1.95. The number of aromatic nitrogens is 2. The highest BCUT2D eigenvalue weighted by molar-refractivity contribution is 9.10. The molecule has 0 atom stereocenters. The summed E-state index contributed by atoms with van der Waals surface area (Å²) >= 11 is 3.43. The Morgan fingerprint density at radius 2 is 2.14 bits per heavy atom. The van der Waals surface area contributed by atoms with E-state index < -0.39 is 0 Å². The van der Waals surface area contributed by atoms with Gasteiger partial charge < -0.3 is 18.9 Å². The van der Waals surface area contributed by atoms with Crippen LogP contribution >= 0.6 is 15.9 Å². The van der Waals surface area contributed by atoms with Crippen molar-refractivity contribution in [3.05, 3.63) is 39.9 Å². The Kier molecular flexibility index (Phi) is 3.11. The summed E-state index contributed by atoms with van der Waals surface area (Å²) in [5.41, 5.74) is 2.75. The molecule has 0 radical (unpaired) electrons. The van der Waals surface area contributed by atoms with E-state index in [0.29, 0.717) is 30.2 Å². The van der Waals surface area contributed by atoms with Crippen molar-refractivity contribution in [2.45, 2.75) is 13.0 Å². The Bertz CT molecular complexity index is 772. The second-order valence-electron chi connectivity index (χ2n) is 5.38. The summed E-state index contributed by atoms with van der Waals surface area (Å²) in [6.07, 6.45) is 0.769. The number of carbonyl (C=O) groups is 1. The lowest BCUT2D eigenvalue weighted by Crippen LogP contribution is -2.36. The van der Waals surface area contributed by atoms with E-state index in [1.807, 2.05) is 16.5 Å². The van der Waals surface area contributed by atoms with Crippen molar-refractivity contribution in [2.75, 3.05) is 13.3 Å². The largest absolute Gasteiger partial charge is 0.454 e. The van der Waals surface area contributed by atoms with Gasteiger partial charge in [0.15, 0.2) is 16.2 Å². The lowest BCUT2D eigenvalue weighted by molar-refractivity contribution is 0.0729. The van der Waals surface area contributed by atoms with E-state index in [-0.39, 0.29) is 12.7 Å². The first-order valence-corrected chi connectivity index (χ1v) is 7.81. The lowest BCUT2D eigenvalue weighted by Gasteiger charge is -2.27. The van der Waals surface area contributed by atoms with Gasteiger partial charge in [-0.1, -0.05) is 0 Å². The van der Waals surface area contributed by atoms with Crippen molar-refractivity contribution < 1.29 is 14.3 Å². The Morgan fingerprint density at radius 3 is 3.00 bits per heavy atom. The van der Waals surface area contributed by atoms with Crippen molar-refractivity contribution in [1.29, 1.82) is 0 Å². The van der Waals surface area contributed by atoms with Crippen LogP contribution in [0.5, 0.6) is 11.5 Å². The predicted octanol–water partition coefficient (Wildman–Crippen LogP) is 2.11. The number of ether oxygens (including phenoxy) is 2. The van der Waals surface area contributed by atoms with Crippen LogP contribution in [0.15, 0.2) is 22.9 Å². The quantitative estimate of drug-likeness (QED) is 0.778. The maximum absolute atomic E-state index is 12.7. The molecular weight excluding hydrogens is 350 g/mol. The standard InChI is InChI=1S/C15H14BrN3O3/c1-18-11-7-19(5-4-10(11)17-15(18)16)14(20)9-2-3-12-13(6-9)22-8-21-12/h2-3,6H,4-5,7-8H2,1H3. The molecule has 0 aliphatic carbocycles. The second-order valence-corrected chi connectivity index (χ2v) is 6.09. The highest BCUT2D eigenvalue weighted by Crippen LogP contribution is 2.33. The molecule has 7 heteroatoms. The van der Waals surface area contributed by atoms with Gasteiger partial charge >= 0.3 is 0 Å². The van der Waals surface area contributed by atoms with Gasteiger partial charge in [0.2, 0.25) is 6.79 Å². The fourth-order valence-corrected chi connectivity index (χ4v) is 3.27. The third-order valence-corrected chi connectivity index (χ3v) is 4.82. The normalized spacial score (nSPS) is 15.8. The number of hydrogen-bond donors (Lipinski definition) is 0. The average Bonchev–Trinajstić information content (AvgIpc) is 3.11. The van der Waals surface area contributed by atoms with Gasteiger partial charge in [-0.25, -0.2) is 4.98 Å². The molecular formula is C15H14BrN3O3. The van der Waals surface area contributed by atoms with Gasteiger partial charge in [0.25, 0.3) is 5.91 Å². The molecule has 1 aromatic carbocycles. The number of amides is 1. The number of carbonyl (C=O) groups excluding carboxylic acids is 1. The molecule has 2 aliphatic rings. The van der Waals surface area contributed by atoms with E-state index in [1.54, 1.807) is 18.2 Å². The SMILES string of the molecule is Cn1c(Br)nc2c1CN(C(=O)c1ccc3c(c1)OCO3)CC2. The molecule has 2 aliphatic heterocycles. The van der Waals surface area contributed by atoms with Gasteiger partial charge in [0, 0.05) is 25.6 Å². The van der Waals surface area contributed by atoms with E-state index in [9.17, 15) is 4.79 Å². The molecule has 0 unspecified atom stereocenters. The summed E-state index contributed by atoms with van der Waals surface area (Å²) in [5.74, 6) is 1.32. The summed E-state index contributed by atoms with van der Waals surface area (Å²) in [6, 6.07) is 5.31. The zero-order valence-corrected chi connectivity index (χ0v) is 13.6. The number of nitrogens with zero attached hydrogens (tertiary/aromatic N) is 3. The molecule has 4 rings (SSSR count). The van der Waals surface area contributed by atoms with E-state index in [1.165, 1.54) is 0 Å². The minimum Gasteiger partial charge on any atom is -0.454 e. The van der Waals surface area contributed by atoms with Crippen LogP contribution in [0.1, 0.15) is 21.7 Å². The summed E-state index contributed by atoms with van der Waals surface area (Å²) in [5, 5.41) is 0. The number of fused-ring (bicyclic) bond motifs is 2. The third-order valence-electron chi connectivity index (χ3n) is 4.11. The third kappa shape index (κ3) is 2.08. The smallest absolute Gasteiger partial charge is 0.254 e. The molecule has 2 aromatic rings. The first kappa shape index (κ1) is 13.6. The van der Waals surface area contributed by atoms with Crippen LogP contribution < -0.4 is 9.47 Å². The average molecular weight is 364 g/mol. The maximum atomic E-state index is 12.7. The fourth-order valence-electron chi connectivity index (χ4n) is 2.84. The molecule has 1 amide bonds. The van der Waals surface area contributed by atoms with Crippen LogP contribution in [0.4, 0.5) is 0 Å². The summed E-state index contributed by atoms with van der Waals surface area (Å²) in [4.78, 5) is 19.0. The zero-order valence-electron chi connectivity index (χ0n) is 12.0. The fraction of sp³-hybridized carbons (Fsp3) is 0.333. The van der Waals surface area contributed by atoms with Crippen molar-refractivity contribution in [3.63, 3.8) is 0 Å². The summed E-state index contributed by atoms with van der Waals surface area (Å²) < 4.78 is 13.4. The molecule has 22 heavy (non-hydrogen) atoms. The minimum atomic E-state index is 0.00118. The topological polar surface area (TPSA) is 56.6 Å². The molecule has 114 valence electrons. The molecule has 0 fully saturated rings. The first-order valence-electron chi connectivity index (χ1n) is 7.02. The molecule has 0 spiro atoms. The molecule has 0 N–H and O–H groups in total. The van der Waals surface area contributed by atoms with Crippen molar-refractivity contribution in [3.8, 4) is 11.5 Å². The summed E-state index contributed by atoms with van der Waals surface area (Å²) in [6.45, 7) is 1.45. The molecule has 0 saturated carbocycles. The van der Waals surface area contributed by atoms with E-state index in [4.69, 9.17) is 9.47 Å². The molecule has 6 nitrogen and oxygen atoms in total. The zero-order chi connectivity index (χ0) is 15.3. The van der Waals surface area contributed by atoms with Crippen molar-refractivity contribution >= 4 is 21.8 Å². The van der Waals surface area contributed by atoms with Gasteiger partial charge in [0.05, 0.1) is 17.9 Å². The Labute approximate surface area is 135 Å². The van der Waals surface area contributed by atoms with Crippen LogP contribution in [0.2, 0.25) is 0 Å². The lowest BCUT2D eigenvalue weighted by atomic mass is 10.1. The minimum absolute atomic E-state index is 0.00118. The van der Waals surface area contributed by atoms with Crippen LogP contribution in [0.3, 0.4) is 0 Å². The Morgan fingerprint density at radius 1 is 1.32 bits per heavy atom. The van der Waals surface area contributed by atoms with Gasteiger partial charge in [-0.15, -0.1) is 0 Å². The van der Waals surface area contributed by atoms with Crippen LogP contribution in [0.25, 0.3) is 0 Å². The van der Waals surface area contributed by atoms with Crippen LogP contribution in [-0.4, -0.2) is 33.7 Å². The van der Waals surface area contributed by atoms with Gasteiger partial charge in [-0.3, -0.25) is 4.79 Å². The van der Waals surface area contributed by atoms with Crippen LogP contribution in [-0.2, 0) is 20.0 Å². The highest BCUT2D eigenvalue weighted by atomic mass is 79.9. The van der Waals surface area contributed by atoms with Crippen LogP contribution in [0, 0.1) is 0 Å². The maximum Gasteiger partial charge on any atom is 0.254 e. The number of benzene rings is 1. The van der Waals surface area contributed by atoms with E-state index in [0.717, 1.165) is 22.5 Å². The van der Waals surface area contributed by atoms with E-state index >= 15 is 0 Å². The molecule has 3 heterocycles. The molecule has 1 aromatic heterocycles. The first-order chi connectivity index (χ1) is 10.6. The highest BCUT2D eigenvalue weighted by Gasteiger charge is 2.27. The van der Waals surface area contributed by atoms with E-state index in [2.05, 4.69) is 20.9 Å². The molecule has 0 bridgehead atoms. The van der Waals surface area contributed by atoms with Gasteiger partial charge in [-0.05, 0) is 34.1 Å². The van der Waals surface area contributed by atoms with Crippen molar-refractivity contribution in [1.82, 2.24) is 14.5 Å². The number of rotatable bonds is 1. The predicted molar refractivity (Wildman–Crippen MR) is 81.9 cm³/mol. The number of hydrogen-bond acceptors (Lipinski definition) is 4. The number of halogens is 1.